The molecule has 0 aliphatic rings. The van der Waals surface area contributed by atoms with Gasteiger partial charge in [0.1, 0.15) is 11.7 Å². The number of carbonyl (C=O) groups is 1. The Bertz CT molecular complexity index is 1000. The molecule has 138 valence electrons. The fourth-order valence-corrected chi connectivity index (χ4v) is 3.16. The van der Waals surface area contributed by atoms with Gasteiger partial charge in [0.2, 0.25) is 0 Å². The van der Waals surface area contributed by atoms with Crippen LogP contribution >= 0.6 is 11.3 Å². The Morgan fingerprint density at radius 3 is 2.67 bits per heavy atom. The molecule has 0 N–H and O–H groups in total. The highest BCUT2D eigenvalue weighted by Crippen LogP contribution is 2.30. The molecule has 3 heterocycles. The number of aryl methyl sites for hydroxylation is 1. The zero-order valence-corrected chi connectivity index (χ0v) is 14.8. The molecule has 0 fully saturated rings. The second-order valence-corrected chi connectivity index (χ2v) is 6.59. The van der Waals surface area contributed by atoms with E-state index in [0.29, 0.717) is 22.7 Å². The molecular formula is C18H12F3N3O2S. The number of furan rings is 1. The van der Waals surface area contributed by atoms with Gasteiger partial charge in [-0.05, 0) is 31.2 Å². The topological polar surface area (TPSA) is 79.8 Å². The van der Waals surface area contributed by atoms with E-state index in [1.54, 1.807) is 30.5 Å². The van der Waals surface area contributed by atoms with E-state index < -0.39 is 23.4 Å². The minimum Gasteiger partial charge on any atom is -0.459 e. The lowest BCUT2D eigenvalue weighted by molar-refractivity contribution is -0.137. The molecule has 0 spiro atoms. The summed E-state index contributed by atoms with van der Waals surface area (Å²) in [5.41, 5.74) is -0.498. The van der Waals surface area contributed by atoms with Crippen LogP contribution in [-0.4, -0.2) is 15.8 Å². The molecule has 0 aliphatic heterocycles. The summed E-state index contributed by atoms with van der Waals surface area (Å²) in [5, 5.41) is 11.6. The molecule has 3 aromatic rings. The highest BCUT2D eigenvalue weighted by molar-refractivity contribution is 7.13. The third kappa shape index (κ3) is 4.23. The zero-order chi connectivity index (χ0) is 19.6. The van der Waals surface area contributed by atoms with Gasteiger partial charge in [0.05, 0.1) is 29.4 Å². The number of hydrogen-bond donors (Lipinski definition) is 0. The largest absolute Gasteiger partial charge is 0.459 e. The number of ketones is 1. The van der Waals surface area contributed by atoms with Gasteiger partial charge in [0, 0.05) is 11.6 Å². The minimum absolute atomic E-state index is 0.0207. The lowest BCUT2D eigenvalue weighted by Gasteiger charge is -2.09. The third-order valence-corrected chi connectivity index (χ3v) is 4.62. The summed E-state index contributed by atoms with van der Waals surface area (Å²) in [6, 6.07) is 7.22. The fourth-order valence-electron chi connectivity index (χ4n) is 2.38. The number of rotatable bonds is 5. The maximum absolute atomic E-state index is 12.6. The summed E-state index contributed by atoms with van der Waals surface area (Å²) >= 11 is 1.30. The maximum atomic E-state index is 12.6. The first-order chi connectivity index (χ1) is 12.8. The molecule has 27 heavy (non-hydrogen) atoms. The van der Waals surface area contributed by atoms with Gasteiger partial charge < -0.3 is 4.42 Å². The van der Waals surface area contributed by atoms with Crippen molar-refractivity contribution in [2.24, 2.45) is 0 Å². The van der Waals surface area contributed by atoms with E-state index >= 15 is 0 Å². The van der Waals surface area contributed by atoms with Crippen LogP contribution in [0.15, 0.2) is 40.3 Å². The lowest BCUT2D eigenvalue weighted by atomic mass is 9.97. The number of aromatic nitrogens is 2. The summed E-state index contributed by atoms with van der Waals surface area (Å²) < 4.78 is 43.3. The van der Waals surface area contributed by atoms with Gasteiger partial charge in [0.25, 0.3) is 0 Å². The summed E-state index contributed by atoms with van der Waals surface area (Å²) in [6.07, 6.45) is -4.04. The average Bonchev–Trinajstić information content (AvgIpc) is 3.24. The quantitative estimate of drug-likeness (QED) is 0.638. The molecule has 3 rings (SSSR count). The van der Waals surface area contributed by atoms with Gasteiger partial charge in [0.15, 0.2) is 16.6 Å². The van der Waals surface area contributed by atoms with E-state index in [1.165, 1.54) is 11.3 Å². The zero-order valence-electron chi connectivity index (χ0n) is 13.9. The molecule has 9 heteroatoms. The summed E-state index contributed by atoms with van der Waals surface area (Å²) in [4.78, 5) is 20.4. The lowest BCUT2D eigenvalue weighted by Crippen LogP contribution is -2.16. The van der Waals surface area contributed by atoms with E-state index in [-0.39, 0.29) is 12.1 Å². The van der Waals surface area contributed by atoms with Crippen molar-refractivity contribution < 1.29 is 22.4 Å². The Balaban J connectivity index is 1.74. The summed E-state index contributed by atoms with van der Waals surface area (Å²) in [5.74, 6) is -0.436. The molecule has 0 saturated carbocycles. The number of thiazole rings is 1. The highest BCUT2D eigenvalue weighted by Gasteiger charge is 2.31. The molecule has 1 atom stereocenters. The van der Waals surface area contributed by atoms with Crippen LogP contribution in [0.2, 0.25) is 0 Å². The molecule has 1 unspecified atom stereocenters. The van der Waals surface area contributed by atoms with E-state index in [9.17, 15) is 23.2 Å². The standard InChI is InChI=1S/C18H12F3N3O2S/c1-10-2-5-16(26-10)17-24-12(9-27-17)6-15(25)13(7-22)14-4-3-11(8-23-14)18(19,20)21/h2-5,8-9,13H,6H2,1H3. The third-order valence-electron chi connectivity index (χ3n) is 3.72. The number of alkyl halides is 3. The van der Waals surface area contributed by atoms with Gasteiger partial charge in [-0.15, -0.1) is 11.3 Å². The van der Waals surface area contributed by atoms with Crippen molar-refractivity contribution in [1.29, 1.82) is 5.26 Å². The number of pyridine rings is 1. The molecule has 3 aromatic heterocycles. The van der Waals surface area contributed by atoms with Crippen LogP contribution in [0.5, 0.6) is 0 Å². The molecule has 0 bridgehead atoms. The van der Waals surface area contributed by atoms with Crippen molar-refractivity contribution >= 4 is 17.1 Å². The number of halogens is 3. The van der Waals surface area contributed by atoms with E-state index in [0.717, 1.165) is 17.9 Å². The molecular weight excluding hydrogens is 379 g/mol. The van der Waals surface area contributed by atoms with E-state index in [4.69, 9.17) is 4.42 Å². The van der Waals surface area contributed by atoms with Crippen LogP contribution in [0.25, 0.3) is 10.8 Å². The van der Waals surface area contributed by atoms with Crippen LogP contribution in [-0.2, 0) is 17.4 Å². The van der Waals surface area contributed by atoms with E-state index in [2.05, 4.69) is 9.97 Å². The summed E-state index contributed by atoms with van der Waals surface area (Å²) in [6.45, 7) is 1.80. The molecule has 5 nitrogen and oxygen atoms in total. The first-order valence-electron chi connectivity index (χ1n) is 7.74. The van der Waals surface area contributed by atoms with Gasteiger partial charge in [-0.25, -0.2) is 4.98 Å². The molecule has 0 aliphatic carbocycles. The predicted molar refractivity (Wildman–Crippen MR) is 90.9 cm³/mol. The van der Waals surface area contributed by atoms with Crippen LogP contribution in [0.3, 0.4) is 0 Å². The van der Waals surface area contributed by atoms with Crippen molar-refractivity contribution in [3.8, 4) is 16.8 Å². The second kappa shape index (κ2) is 7.32. The number of nitriles is 1. The Morgan fingerprint density at radius 1 is 1.33 bits per heavy atom. The molecule has 0 aromatic carbocycles. The van der Waals surface area contributed by atoms with Crippen molar-refractivity contribution in [3.05, 3.63) is 58.6 Å². The number of Topliss-reactive ketones (excluding diaryl/α,β-unsaturated/α-hetero) is 1. The smallest absolute Gasteiger partial charge is 0.417 e. The van der Waals surface area contributed by atoms with Gasteiger partial charge >= 0.3 is 6.18 Å². The van der Waals surface area contributed by atoms with Crippen LogP contribution in [0, 0.1) is 18.3 Å². The van der Waals surface area contributed by atoms with E-state index in [1.807, 2.05) is 0 Å². The highest BCUT2D eigenvalue weighted by atomic mass is 32.1. The Kier molecular flexibility index (Phi) is 5.10. The Morgan fingerprint density at radius 2 is 2.11 bits per heavy atom. The fraction of sp³-hybridized carbons (Fsp3) is 0.222. The van der Waals surface area contributed by atoms with Crippen molar-refractivity contribution in [1.82, 2.24) is 9.97 Å². The maximum Gasteiger partial charge on any atom is 0.417 e. The van der Waals surface area contributed by atoms with Crippen LogP contribution < -0.4 is 0 Å². The second-order valence-electron chi connectivity index (χ2n) is 5.73. The first-order valence-corrected chi connectivity index (χ1v) is 8.62. The normalized spacial score (nSPS) is 12.6. The molecule has 0 saturated heterocycles. The molecule has 0 amide bonds. The van der Waals surface area contributed by atoms with Crippen molar-refractivity contribution in [2.75, 3.05) is 0 Å². The molecule has 0 radical (unpaired) electrons. The van der Waals surface area contributed by atoms with Gasteiger partial charge in [-0.3, -0.25) is 9.78 Å². The number of carbonyl (C=O) groups excluding carboxylic acids is 1. The number of nitrogens with zero attached hydrogens (tertiary/aromatic N) is 3. The monoisotopic (exact) mass is 391 g/mol. The minimum atomic E-state index is -4.53. The summed E-state index contributed by atoms with van der Waals surface area (Å²) in [7, 11) is 0. The predicted octanol–water partition coefficient (Wildman–Crippen LogP) is 4.54. The van der Waals surface area contributed by atoms with Gasteiger partial charge in [-0.2, -0.15) is 18.4 Å². The number of hydrogen-bond acceptors (Lipinski definition) is 6. The Hall–Kier alpha value is -2.99. The van der Waals surface area contributed by atoms with Crippen molar-refractivity contribution in [3.63, 3.8) is 0 Å². The first kappa shape index (κ1) is 18.8. The van der Waals surface area contributed by atoms with Crippen LogP contribution in [0.1, 0.15) is 28.6 Å². The Labute approximate surface area is 156 Å². The van der Waals surface area contributed by atoms with Crippen molar-refractivity contribution in [2.45, 2.75) is 25.4 Å². The average molecular weight is 391 g/mol. The SMILES string of the molecule is Cc1ccc(-c2nc(CC(=O)C(C#N)c3ccc(C(F)(F)F)cn3)cs2)o1. The van der Waals surface area contributed by atoms with Crippen LogP contribution in [0.4, 0.5) is 13.2 Å². The van der Waals surface area contributed by atoms with Gasteiger partial charge in [-0.1, -0.05) is 0 Å².